The normalized spacial score (nSPS) is 36.2. The summed E-state index contributed by atoms with van der Waals surface area (Å²) in [6.07, 6.45) is 2.73. The van der Waals surface area contributed by atoms with E-state index in [1.54, 1.807) is 0 Å². The number of likely N-dealkylation sites (tertiary alicyclic amines) is 1. The van der Waals surface area contributed by atoms with Crippen molar-refractivity contribution in [3.8, 4) is 0 Å². The minimum absolute atomic E-state index is 0.00519. The molecular weight excluding hydrogens is 154 g/mol. The summed E-state index contributed by atoms with van der Waals surface area (Å²) >= 11 is 0. The summed E-state index contributed by atoms with van der Waals surface area (Å²) in [4.78, 5) is 13.3. The molecule has 0 radical (unpaired) electrons. The smallest absolute Gasteiger partial charge is 0.314 e. The first-order valence-electron chi connectivity index (χ1n) is 4.70. The van der Waals surface area contributed by atoms with Crippen molar-refractivity contribution in [1.82, 2.24) is 4.90 Å². The predicted molar refractivity (Wildman–Crippen MR) is 44.7 cm³/mol. The van der Waals surface area contributed by atoms with Crippen molar-refractivity contribution in [3.63, 3.8) is 0 Å². The topological polar surface area (TPSA) is 29.5 Å². The molecule has 3 nitrogen and oxygen atoms in total. The molecule has 68 valence electrons. The van der Waals surface area contributed by atoms with E-state index in [4.69, 9.17) is 4.74 Å². The van der Waals surface area contributed by atoms with E-state index in [2.05, 4.69) is 4.90 Å². The van der Waals surface area contributed by atoms with Gasteiger partial charge < -0.3 is 9.64 Å². The first kappa shape index (κ1) is 8.05. The van der Waals surface area contributed by atoms with E-state index >= 15 is 0 Å². The van der Waals surface area contributed by atoms with E-state index in [9.17, 15) is 4.79 Å². The predicted octanol–water partition coefficient (Wildman–Crippen LogP) is 0.644. The van der Waals surface area contributed by atoms with E-state index in [0.29, 0.717) is 0 Å². The van der Waals surface area contributed by atoms with Crippen molar-refractivity contribution in [2.45, 2.75) is 25.9 Å². The minimum atomic E-state index is -0.00519. The first-order chi connectivity index (χ1) is 5.77. The molecule has 2 rings (SSSR count). The summed E-state index contributed by atoms with van der Waals surface area (Å²) in [5, 5.41) is 0. The molecule has 3 heteroatoms. The van der Waals surface area contributed by atoms with Gasteiger partial charge in [0, 0.05) is 6.54 Å². The number of ether oxygens (including phenoxy) is 1. The fourth-order valence-electron chi connectivity index (χ4n) is 1.94. The van der Waals surface area contributed by atoms with Crippen LogP contribution in [0.5, 0.6) is 0 Å². The second-order valence-corrected chi connectivity index (χ2v) is 3.76. The zero-order valence-corrected chi connectivity index (χ0v) is 7.45. The van der Waals surface area contributed by atoms with Crippen LogP contribution in [0.1, 0.15) is 19.8 Å². The third kappa shape index (κ3) is 1.33. The Morgan fingerprint density at radius 1 is 1.50 bits per heavy atom. The molecule has 0 aliphatic carbocycles. The van der Waals surface area contributed by atoms with Gasteiger partial charge in [-0.05, 0) is 32.9 Å². The summed E-state index contributed by atoms with van der Waals surface area (Å²) in [6.45, 7) is 5.22. The van der Waals surface area contributed by atoms with Gasteiger partial charge in [0.25, 0.3) is 0 Å². The van der Waals surface area contributed by atoms with E-state index in [-0.39, 0.29) is 18.0 Å². The monoisotopic (exact) mass is 169 g/mol. The quantitative estimate of drug-likeness (QED) is 0.568. The van der Waals surface area contributed by atoms with Crippen molar-refractivity contribution >= 4 is 5.97 Å². The van der Waals surface area contributed by atoms with Crippen LogP contribution >= 0.6 is 0 Å². The summed E-state index contributed by atoms with van der Waals surface area (Å²) in [7, 11) is 0. The molecule has 0 saturated carbocycles. The number of hydrogen-bond donors (Lipinski definition) is 0. The number of nitrogens with zero attached hydrogens (tertiary/aromatic N) is 1. The highest BCUT2D eigenvalue weighted by Gasteiger charge is 2.40. The standard InChI is InChI=1S/C9H15NO2/c1-7-8(9(11)12-7)6-10-4-2-3-5-10/h7-8H,2-6H2,1H3. The second-order valence-electron chi connectivity index (χ2n) is 3.76. The van der Waals surface area contributed by atoms with Gasteiger partial charge in [-0.15, -0.1) is 0 Å². The van der Waals surface area contributed by atoms with Crippen molar-refractivity contribution in [1.29, 1.82) is 0 Å². The lowest BCUT2D eigenvalue weighted by Crippen LogP contribution is -2.49. The van der Waals surface area contributed by atoms with Gasteiger partial charge in [0.2, 0.25) is 0 Å². The molecule has 2 saturated heterocycles. The van der Waals surface area contributed by atoms with Crippen LogP contribution in [0.2, 0.25) is 0 Å². The molecule has 0 amide bonds. The zero-order valence-electron chi connectivity index (χ0n) is 7.45. The highest BCUT2D eigenvalue weighted by Crippen LogP contribution is 2.24. The molecule has 2 heterocycles. The molecule has 0 spiro atoms. The molecule has 0 aromatic rings. The van der Waals surface area contributed by atoms with Gasteiger partial charge in [-0.25, -0.2) is 0 Å². The molecule has 0 bridgehead atoms. The summed E-state index contributed by atoms with van der Waals surface area (Å²) in [5.74, 6) is 0.150. The Hall–Kier alpha value is -0.570. The van der Waals surface area contributed by atoms with Crippen molar-refractivity contribution in [3.05, 3.63) is 0 Å². The Morgan fingerprint density at radius 3 is 2.67 bits per heavy atom. The van der Waals surface area contributed by atoms with E-state index in [1.165, 1.54) is 12.8 Å². The lowest BCUT2D eigenvalue weighted by Gasteiger charge is -2.34. The zero-order chi connectivity index (χ0) is 8.55. The SMILES string of the molecule is CC1OC(=O)C1CN1CCCC1. The van der Waals surface area contributed by atoms with Crippen LogP contribution < -0.4 is 0 Å². The average molecular weight is 169 g/mol. The van der Waals surface area contributed by atoms with Gasteiger partial charge >= 0.3 is 5.97 Å². The molecule has 2 fully saturated rings. The van der Waals surface area contributed by atoms with Gasteiger partial charge in [0.15, 0.2) is 0 Å². The van der Waals surface area contributed by atoms with Crippen molar-refractivity contribution < 1.29 is 9.53 Å². The van der Waals surface area contributed by atoms with Crippen molar-refractivity contribution in [2.24, 2.45) is 5.92 Å². The number of carbonyl (C=O) groups excluding carboxylic acids is 1. The number of carbonyl (C=O) groups is 1. The number of cyclic esters (lactones) is 1. The van der Waals surface area contributed by atoms with Crippen LogP contribution in [0, 0.1) is 5.92 Å². The molecule has 2 aliphatic rings. The van der Waals surface area contributed by atoms with Gasteiger partial charge in [-0.1, -0.05) is 0 Å². The maximum Gasteiger partial charge on any atom is 0.314 e. The Morgan fingerprint density at radius 2 is 2.17 bits per heavy atom. The van der Waals surface area contributed by atoms with Crippen LogP contribution in [0.25, 0.3) is 0 Å². The third-order valence-corrected chi connectivity index (χ3v) is 2.83. The fraction of sp³-hybridized carbons (Fsp3) is 0.889. The molecule has 0 N–H and O–H groups in total. The number of esters is 1. The maximum absolute atomic E-state index is 11.0. The van der Waals surface area contributed by atoms with Gasteiger partial charge in [0.1, 0.15) is 12.0 Å². The largest absolute Gasteiger partial charge is 0.461 e. The highest BCUT2D eigenvalue weighted by molar-refractivity contribution is 5.78. The minimum Gasteiger partial charge on any atom is -0.461 e. The number of rotatable bonds is 2. The Balaban J connectivity index is 1.81. The molecule has 12 heavy (non-hydrogen) atoms. The molecule has 2 aliphatic heterocycles. The van der Waals surface area contributed by atoms with Crippen LogP contribution in [0.15, 0.2) is 0 Å². The van der Waals surface area contributed by atoms with Crippen LogP contribution in [-0.4, -0.2) is 36.6 Å². The second kappa shape index (κ2) is 3.05. The summed E-state index contributed by atoms with van der Waals surface area (Å²) in [6, 6.07) is 0. The first-order valence-corrected chi connectivity index (χ1v) is 4.70. The van der Waals surface area contributed by atoms with Crippen LogP contribution in [0.4, 0.5) is 0 Å². The van der Waals surface area contributed by atoms with Gasteiger partial charge in [-0.2, -0.15) is 0 Å². The Kier molecular flexibility index (Phi) is 2.05. The summed E-state index contributed by atoms with van der Waals surface area (Å²) in [5.41, 5.74) is 0. The maximum atomic E-state index is 11.0. The Labute approximate surface area is 72.7 Å². The summed E-state index contributed by atoms with van der Waals surface area (Å²) < 4.78 is 4.90. The molecule has 0 aromatic carbocycles. The number of hydrogen-bond acceptors (Lipinski definition) is 3. The van der Waals surface area contributed by atoms with Gasteiger partial charge in [0.05, 0.1) is 0 Å². The van der Waals surface area contributed by atoms with Gasteiger partial charge in [-0.3, -0.25) is 4.79 Å². The van der Waals surface area contributed by atoms with E-state index < -0.39 is 0 Å². The molecular formula is C9H15NO2. The van der Waals surface area contributed by atoms with Crippen molar-refractivity contribution in [2.75, 3.05) is 19.6 Å². The highest BCUT2D eigenvalue weighted by atomic mass is 16.6. The average Bonchev–Trinajstić information content (AvgIpc) is 2.52. The van der Waals surface area contributed by atoms with E-state index in [1.807, 2.05) is 6.92 Å². The lowest BCUT2D eigenvalue weighted by molar-refractivity contribution is -0.183. The molecule has 2 atom stereocenters. The van der Waals surface area contributed by atoms with E-state index in [0.717, 1.165) is 19.6 Å². The van der Waals surface area contributed by atoms with Crippen LogP contribution in [0.3, 0.4) is 0 Å². The third-order valence-electron chi connectivity index (χ3n) is 2.83. The van der Waals surface area contributed by atoms with Crippen LogP contribution in [-0.2, 0) is 9.53 Å². The Bertz CT molecular complexity index is 187. The molecule has 2 unspecified atom stereocenters. The lowest BCUT2D eigenvalue weighted by atomic mass is 9.98. The fourth-order valence-corrected chi connectivity index (χ4v) is 1.94. The molecule has 0 aromatic heterocycles.